The number of benzene rings is 3. The summed E-state index contributed by atoms with van der Waals surface area (Å²) in [5.74, 6) is 0. The van der Waals surface area contributed by atoms with E-state index in [4.69, 9.17) is 9.97 Å². The van der Waals surface area contributed by atoms with Crippen LogP contribution in [0.25, 0.3) is 42.7 Å². The lowest BCUT2D eigenvalue weighted by molar-refractivity contribution is 1.35. The molecule has 3 nitrogen and oxygen atoms in total. The lowest BCUT2D eigenvalue weighted by Gasteiger charge is -2.02. The third-order valence-electron chi connectivity index (χ3n) is 4.85. The third kappa shape index (κ3) is 2.27. The number of para-hydroxylation sites is 1. The average molecular weight is 404 g/mol. The van der Waals surface area contributed by atoms with Crippen molar-refractivity contribution in [2.24, 2.45) is 0 Å². The van der Waals surface area contributed by atoms with Gasteiger partial charge in [0.1, 0.15) is 0 Å². The Morgan fingerprint density at radius 2 is 1.63 bits per heavy atom. The minimum atomic E-state index is 0.894. The predicted octanol–water partition coefficient (Wildman–Crippen LogP) is 7.02. The van der Waals surface area contributed by atoms with Crippen LogP contribution >= 0.6 is 34.4 Å². The number of thiazole rings is 2. The van der Waals surface area contributed by atoms with Gasteiger partial charge in [0, 0.05) is 16.0 Å². The van der Waals surface area contributed by atoms with E-state index >= 15 is 0 Å². The van der Waals surface area contributed by atoms with Crippen LogP contribution in [0.4, 0.5) is 10.3 Å². The molecule has 0 amide bonds. The van der Waals surface area contributed by atoms with Crippen molar-refractivity contribution < 1.29 is 0 Å². The number of fused-ring (bicyclic) bond motifs is 4. The smallest absolute Gasteiger partial charge is 0.190 e. The first kappa shape index (κ1) is 15.6. The molecule has 0 bridgehead atoms. The summed E-state index contributed by atoms with van der Waals surface area (Å²) in [4.78, 5) is 12.2. The summed E-state index contributed by atoms with van der Waals surface area (Å²) >= 11 is 5.11. The van der Waals surface area contributed by atoms with Gasteiger partial charge < -0.3 is 5.32 Å². The second-order valence-electron chi connectivity index (χ2n) is 6.36. The molecule has 1 aliphatic rings. The molecule has 0 atom stereocenters. The summed E-state index contributed by atoms with van der Waals surface area (Å²) in [6.45, 7) is 0. The Hall–Kier alpha value is -2.41. The molecule has 0 fully saturated rings. The quantitative estimate of drug-likeness (QED) is 0.322. The molecule has 6 rings (SSSR count). The number of thioether (sulfide) groups is 1. The molecular formula is C21H13N3S3. The van der Waals surface area contributed by atoms with E-state index in [1.165, 1.54) is 36.4 Å². The highest BCUT2D eigenvalue weighted by Crippen LogP contribution is 2.51. The van der Waals surface area contributed by atoms with Crippen LogP contribution in [0.5, 0.6) is 0 Å². The number of hydrogen-bond acceptors (Lipinski definition) is 6. The number of aromatic nitrogens is 2. The van der Waals surface area contributed by atoms with Crippen LogP contribution in [0.1, 0.15) is 0 Å². The van der Waals surface area contributed by atoms with Crippen LogP contribution in [0, 0.1) is 0 Å². The lowest BCUT2D eigenvalue weighted by atomic mass is 10.0. The molecule has 2 aromatic heterocycles. The first-order chi connectivity index (χ1) is 13.3. The van der Waals surface area contributed by atoms with Gasteiger partial charge in [-0.1, -0.05) is 65.1 Å². The highest BCUT2D eigenvalue weighted by Gasteiger charge is 2.25. The van der Waals surface area contributed by atoms with Crippen molar-refractivity contribution in [1.29, 1.82) is 0 Å². The number of nitrogens with one attached hydrogen (secondary N) is 1. The van der Waals surface area contributed by atoms with E-state index in [0.717, 1.165) is 21.5 Å². The fraction of sp³-hybridized carbons (Fsp3) is 0.0476. The molecule has 1 N–H and O–H groups in total. The molecule has 27 heavy (non-hydrogen) atoms. The van der Waals surface area contributed by atoms with Crippen LogP contribution in [-0.4, -0.2) is 16.2 Å². The Bertz CT molecular complexity index is 1290. The summed E-state index contributed by atoms with van der Waals surface area (Å²) in [6, 6.07) is 19.3. The fourth-order valence-electron chi connectivity index (χ4n) is 3.70. The van der Waals surface area contributed by atoms with Gasteiger partial charge in [-0.2, -0.15) is 0 Å². The van der Waals surface area contributed by atoms with E-state index in [1.54, 1.807) is 34.4 Å². The van der Waals surface area contributed by atoms with E-state index in [-0.39, 0.29) is 0 Å². The van der Waals surface area contributed by atoms with Crippen LogP contribution < -0.4 is 5.32 Å². The van der Waals surface area contributed by atoms with Crippen molar-refractivity contribution in [3.8, 4) is 21.7 Å². The summed E-state index contributed by atoms with van der Waals surface area (Å²) in [5.41, 5.74) is 4.67. The van der Waals surface area contributed by atoms with E-state index < -0.39 is 0 Å². The fourth-order valence-corrected chi connectivity index (χ4v) is 6.29. The second-order valence-corrected chi connectivity index (χ2v) is 9.23. The Morgan fingerprint density at radius 3 is 2.48 bits per heavy atom. The number of nitrogens with zero attached hydrogens (tertiary/aromatic N) is 2. The van der Waals surface area contributed by atoms with Crippen molar-refractivity contribution in [3.05, 3.63) is 54.6 Å². The SMILES string of the molecule is CSc1cccc2sc(Nc3nc4c(s3)-c3cccc5cccc-4c35)nc12. The summed E-state index contributed by atoms with van der Waals surface area (Å²) in [7, 11) is 0. The monoisotopic (exact) mass is 403 g/mol. The van der Waals surface area contributed by atoms with Gasteiger partial charge in [-0.15, -0.1) is 11.8 Å². The average Bonchev–Trinajstić information content (AvgIpc) is 3.37. The van der Waals surface area contributed by atoms with E-state index in [2.05, 4.69) is 66.2 Å². The zero-order chi connectivity index (χ0) is 18.0. The molecule has 1 aliphatic carbocycles. The van der Waals surface area contributed by atoms with Crippen molar-refractivity contribution in [2.45, 2.75) is 4.90 Å². The maximum absolute atomic E-state index is 4.91. The third-order valence-corrected chi connectivity index (χ3v) is 7.56. The largest absolute Gasteiger partial charge is 0.307 e. The van der Waals surface area contributed by atoms with Crippen LogP contribution in [0.15, 0.2) is 59.5 Å². The van der Waals surface area contributed by atoms with Crippen LogP contribution in [-0.2, 0) is 0 Å². The normalized spacial score (nSPS) is 12.0. The van der Waals surface area contributed by atoms with Gasteiger partial charge in [0.05, 0.1) is 20.8 Å². The predicted molar refractivity (Wildman–Crippen MR) is 119 cm³/mol. The minimum absolute atomic E-state index is 0.894. The van der Waals surface area contributed by atoms with Crippen molar-refractivity contribution in [1.82, 2.24) is 9.97 Å². The minimum Gasteiger partial charge on any atom is -0.307 e. The van der Waals surface area contributed by atoms with Gasteiger partial charge in [-0.25, -0.2) is 9.97 Å². The lowest BCUT2D eigenvalue weighted by Crippen LogP contribution is -1.88. The van der Waals surface area contributed by atoms with Gasteiger partial charge in [0.15, 0.2) is 10.3 Å². The van der Waals surface area contributed by atoms with E-state index in [9.17, 15) is 0 Å². The molecule has 0 spiro atoms. The molecule has 130 valence electrons. The molecule has 0 saturated heterocycles. The van der Waals surface area contributed by atoms with Crippen LogP contribution in [0.2, 0.25) is 0 Å². The Kier molecular flexibility index (Phi) is 3.35. The Labute approximate surface area is 168 Å². The molecule has 6 heteroatoms. The molecule has 0 saturated carbocycles. The van der Waals surface area contributed by atoms with Crippen molar-refractivity contribution in [3.63, 3.8) is 0 Å². The standard InChI is InChI=1S/C21H13N3S3/c1-25-14-9-4-10-15-18(14)23-20(26-15)24-21-22-17-12-7-2-5-11-6-3-8-13(16(11)12)19(17)27-21/h2-10H,1H3,(H,22,23,24). The molecule has 5 aromatic rings. The van der Waals surface area contributed by atoms with Crippen molar-refractivity contribution >= 4 is 65.7 Å². The van der Waals surface area contributed by atoms with Crippen molar-refractivity contribution in [2.75, 3.05) is 11.6 Å². The highest BCUT2D eigenvalue weighted by molar-refractivity contribution is 7.98. The second kappa shape index (κ2) is 5.79. The first-order valence-electron chi connectivity index (χ1n) is 8.56. The maximum atomic E-state index is 4.91. The van der Waals surface area contributed by atoms with Gasteiger partial charge in [0.2, 0.25) is 0 Å². The Morgan fingerprint density at radius 1 is 0.852 bits per heavy atom. The van der Waals surface area contributed by atoms with Gasteiger partial charge in [-0.05, 0) is 29.2 Å². The zero-order valence-electron chi connectivity index (χ0n) is 14.3. The number of anilines is 2. The molecule has 3 aromatic carbocycles. The molecule has 0 radical (unpaired) electrons. The summed E-state index contributed by atoms with van der Waals surface area (Å²) in [6.07, 6.45) is 2.09. The summed E-state index contributed by atoms with van der Waals surface area (Å²) in [5, 5.41) is 7.84. The molecule has 0 aliphatic heterocycles. The topological polar surface area (TPSA) is 37.8 Å². The zero-order valence-corrected chi connectivity index (χ0v) is 16.8. The van der Waals surface area contributed by atoms with E-state index in [1.807, 2.05) is 0 Å². The summed E-state index contributed by atoms with van der Waals surface area (Å²) < 4.78 is 1.20. The van der Waals surface area contributed by atoms with Crippen LogP contribution in [0.3, 0.4) is 0 Å². The van der Waals surface area contributed by atoms with Gasteiger partial charge in [0.25, 0.3) is 0 Å². The van der Waals surface area contributed by atoms with E-state index in [0.29, 0.717) is 0 Å². The number of rotatable bonds is 3. The first-order valence-corrected chi connectivity index (χ1v) is 11.4. The maximum Gasteiger partial charge on any atom is 0.190 e. The highest BCUT2D eigenvalue weighted by atomic mass is 32.2. The number of hydrogen-bond donors (Lipinski definition) is 1. The molecule has 0 unspecified atom stereocenters. The Balaban J connectivity index is 1.43. The molecular weight excluding hydrogens is 390 g/mol. The molecule has 2 heterocycles. The van der Waals surface area contributed by atoms with Gasteiger partial charge >= 0.3 is 0 Å². The van der Waals surface area contributed by atoms with Gasteiger partial charge in [-0.3, -0.25) is 0 Å².